The molecule has 2 N–H and O–H groups in total. The summed E-state index contributed by atoms with van der Waals surface area (Å²) in [7, 11) is 1.72. The molecule has 106 valence electrons. The summed E-state index contributed by atoms with van der Waals surface area (Å²) in [6.45, 7) is 6.50. The number of nitrogens with zero attached hydrogens (tertiary/aromatic N) is 1. The van der Waals surface area contributed by atoms with E-state index in [-0.39, 0.29) is 6.04 Å². The van der Waals surface area contributed by atoms with Crippen LogP contribution in [-0.2, 0) is 0 Å². The van der Waals surface area contributed by atoms with Gasteiger partial charge in [0.25, 0.3) is 0 Å². The quantitative estimate of drug-likeness (QED) is 0.819. The van der Waals surface area contributed by atoms with Gasteiger partial charge >= 0.3 is 0 Å². The van der Waals surface area contributed by atoms with Crippen molar-refractivity contribution in [3.63, 3.8) is 0 Å². The van der Waals surface area contributed by atoms with Crippen LogP contribution in [0.15, 0.2) is 18.2 Å². The number of anilines is 1. The molecular formula is C16H26N2O. The van der Waals surface area contributed by atoms with Crippen molar-refractivity contribution in [3.8, 4) is 5.75 Å². The van der Waals surface area contributed by atoms with E-state index in [0.29, 0.717) is 0 Å². The van der Waals surface area contributed by atoms with Gasteiger partial charge in [0.05, 0.1) is 7.11 Å². The molecule has 3 heteroatoms. The molecule has 1 unspecified atom stereocenters. The van der Waals surface area contributed by atoms with E-state index >= 15 is 0 Å². The van der Waals surface area contributed by atoms with Crippen molar-refractivity contribution in [2.75, 3.05) is 25.1 Å². The number of methoxy groups -OCH3 is 1. The number of rotatable bonds is 7. The van der Waals surface area contributed by atoms with Crippen molar-refractivity contribution in [2.45, 2.75) is 39.2 Å². The number of ether oxygens (including phenoxy) is 1. The highest BCUT2D eigenvalue weighted by Gasteiger charge is 2.26. The van der Waals surface area contributed by atoms with E-state index in [0.717, 1.165) is 36.7 Å². The first-order chi connectivity index (χ1) is 9.17. The fourth-order valence-corrected chi connectivity index (χ4v) is 2.64. The lowest BCUT2D eigenvalue weighted by Gasteiger charge is -2.29. The predicted octanol–water partition coefficient (Wildman–Crippen LogP) is 3.34. The van der Waals surface area contributed by atoms with E-state index in [2.05, 4.69) is 24.0 Å². The average Bonchev–Trinajstić information content (AvgIpc) is 3.21. The van der Waals surface area contributed by atoms with E-state index in [9.17, 15) is 0 Å². The maximum Gasteiger partial charge on any atom is 0.125 e. The molecule has 0 radical (unpaired) electrons. The molecule has 0 heterocycles. The van der Waals surface area contributed by atoms with Crippen LogP contribution in [0, 0.1) is 5.92 Å². The summed E-state index contributed by atoms with van der Waals surface area (Å²) in [6, 6.07) is 6.24. The van der Waals surface area contributed by atoms with E-state index in [4.69, 9.17) is 10.5 Å². The molecule has 1 aromatic rings. The summed E-state index contributed by atoms with van der Waals surface area (Å²) < 4.78 is 5.49. The van der Waals surface area contributed by atoms with Crippen LogP contribution < -0.4 is 15.4 Å². The molecule has 0 saturated heterocycles. The standard InChI is InChI=1S/C16H26N2O/c1-4-10-18(11-13-8-9-13)14-6-5-7-15(19-3)16(14)12(2)17/h5-7,12-13H,4,8-11,17H2,1-3H3. The number of benzene rings is 1. The maximum atomic E-state index is 6.16. The van der Waals surface area contributed by atoms with Gasteiger partial charge in [-0.1, -0.05) is 13.0 Å². The van der Waals surface area contributed by atoms with E-state index in [1.54, 1.807) is 7.11 Å². The first-order valence-electron chi connectivity index (χ1n) is 7.34. The third kappa shape index (κ3) is 3.41. The van der Waals surface area contributed by atoms with Gasteiger partial charge in [-0.3, -0.25) is 0 Å². The third-order valence-electron chi connectivity index (χ3n) is 3.73. The van der Waals surface area contributed by atoms with Crippen molar-refractivity contribution in [3.05, 3.63) is 23.8 Å². The first kappa shape index (κ1) is 14.2. The van der Waals surface area contributed by atoms with Gasteiger partial charge in [-0.25, -0.2) is 0 Å². The van der Waals surface area contributed by atoms with E-state index in [1.807, 2.05) is 13.0 Å². The SMILES string of the molecule is CCCN(CC1CC1)c1cccc(OC)c1C(C)N. The molecule has 0 bridgehead atoms. The largest absolute Gasteiger partial charge is 0.496 e. The molecule has 19 heavy (non-hydrogen) atoms. The Kier molecular flexibility index (Phi) is 4.70. The highest BCUT2D eigenvalue weighted by Crippen LogP contribution is 2.37. The monoisotopic (exact) mass is 262 g/mol. The molecule has 0 aromatic heterocycles. The smallest absolute Gasteiger partial charge is 0.125 e. The number of hydrogen-bond acceptors (Lipinski definition) is 3. The molecule has 3 nitrogen and oxygen atoms in total. The van der Waals surface area contributed by atoms with Crippen LogP contribution >= 0.6 is 0 Å². The van der Waals surface area contributed by atoms with Crippen molar-refractivity contribution in [2.24, 2.45) is 11.7 Å². The van der Waals surface area contributed by atoms with Crippen LogP contribution in [-0.4, -0.2) is 20.2 Å². The Morgan fingerprint density at radius 2 is 2.16 bits per heavy atom. The Bertz CT molecular complexity index is 413. The maximum absolute atomic E-state index is 6.16. The minimum absolute atomic E-state index is 0.00953. The van der Waals surface area contributed by atoms with Gasteiger partial charge in [0.1, 0.15) is 5.75 Å². The summed E-state index contributed by atoms with van der Waals surface area (Å²) in [4.78, 5) is 2.48. The summed E-state index contributed by atoms with van der Waals surface area (Å²) in [5.41, 5.74) is 8.56. The summed E-state index contributed by atoms with van der Waals surface area (Å²) in [6.07, 6.45) is 3.90. The lowest BCUT2D eigenvalue weighted by Crippen LogP contribution is -2.28. The van der Waals surface area contributed by atoms with Gasteiger partial charge in [0, 0.05) is 30.4 Å². The number of nitrogens with two attached hydrogens (primary N) is 1. The van der Waals surface area contributed by atoms with Crippen LogP contribution in [0.25, 0.3) is 0 Å². The molecule has 1 saturated carbocycles. The molecule has 1 aliphatic carbocycles. The fourth-order valence-electron chi connectivity index (χ4n) is 2.64. The molecule has 0 amide bonds. The van der Waals surface area contributed by atoms with Crippen LogP contribution in [0.2, 0.25) is 0 Å². The predicted molar refractivity (Wildman–Crippen MR) is 80.8 cm³/mol. The van der Waals surface area contributed by atoms with Crippen LogP contribution in [0.1, 0.15) is 44.7 Å². The molecule has 1 atom stereocenters. The van der Waals surface area contributed by atoms with Crippen LogP contribution in [0.5, 0.6) is 5.75 Å². The molecule has 1 aliphatic rings. The first-order valence-corrected chi connectivity index (χ1v) is 7.34. The van der Waals surface area contributed by atoms with E-state index < -0.39 is 0 Å². The Balaban J connectivity index is 2.33. The second-order valence-electron chi connectivity index (χ2n) is 5.57. The Morgan fingerprint density at radius 3 is 2.68 bits per heavy atom. The second kappa shape index (κ2) is 6.29. The van der Waals surface area contributed by atoms with Crippen molar-refractivity contribution in [1.29, 1.82) is 0 Å². The zero-order valence-electron chi connectivity index (χ0n) is 12.4. The van der Waals surface area contributed by atoms with Crippen LogP contribution in [0.3, 0.4) is 0 Å². The zero-order valence-corrected chi connectivity index (χ0v) is 12.4. The van der Waals surface area contributed by atoms with Crippen molar-refractivity contribution < 1.29 is 4.74 Å². The lowest BCUT2D eigenvalue weighted by atomic mass is 10.0. The summed E-state index contributed by atoms with van der Waals surface area (Å²) in [5, 5.41) is 0. The van der Waals surface area contributed by atoms with Gasteiger partial charge in [-0.05, 0) is 44.2 Å². The Hall–Kier alpha value is -1.22. The molecule has 1 fully saturated rings. The van der Waals surface area contributed by atoms with Crippen LogP contribution in [0.4, 0.5) is 5.69 Å². The average molecular weight is 262 g/mol. The van der Waals surface area contributed by atoms with E-state index in [1.165, 1.54) is 18.5 Å². The second-order valence-corrected chi connectivity index (χ2v) is 5.57. The van der Waals surface area contributed by atoms with Gasteiger partial charge in [-0.15, -0.1) is 0 Å². The molecule has 2 rings (SSSR count). The number of hydrogen-bond donors (Lipinski definition) is 1. The highest BCUT2D eigenvalue weighted by molar-refractivity contribution is 5.61. The normalized spacial score (nSPS) is 16.2. The van der Waals surface area contributed by atoms with Crippen molar-refractivity contribution in [1.82, 2.24) is 0 Å². The molecule has 0 spiro atoms. The highest BCUT2D eigenvalue weighted by atomic mass is 16.5. The zero-order chi connectivity index (χ0) is 13.8. The lowest BCUT2D eigenvalue weighted by molar-refractivity contribution is 0.407. The van der Waals surface area contributed by atoms with Crippen molar-refractivity contribution >= 4 is 5.69 Å². The topological polar surface area (TPSA) is 38.5 Å². The minimum Gasteiger partial charge on any atom is -0.496 e. The van der Waals surface area contributed by atoms with Gasteiger partial charge in [-0.2, -0.15) is 0 Å². The Morgan fingerprint density at radius 1 is 1.42 bits per heavy atom. The fraction of sp³-hybridized carbons (Fsp3) is 0.625. The van der Waals surface area contributed by atoms with Gasteiger partial charge < -0.3 is 15.4 Å². The minimum atomic E-state index is -0.00953. The summed E-state index contributed by atoms with van der Waals surface area (Å²) in [5.74, 6) is 1.78. The third-order valence-corrected chi connectivity index (χ3v) is 3.73. The van der Waals surface area contributed by atoms with Gasteiger partial charge in [0.2, 0.25) is 0 Å². The molecule has 0 aliphatic heterocycles. The van der Waals surface area contributed by atoms with Gasteiger partial charge in [0.15, 0.2) is 0 Å². The Labute approximate surface area is 116 Å². The summed E-state index contributed by atoms with van der Waals surface area (Å²) >= 11 is 0. The molecular weight excluding hydrogens is 236 g/mol. The molecule has 1 aromatic carbocycles.